The zero-order chi connectivity index (χ0) is 47.3. The average Bonchev–Trinajstić information content (AvgIpc) is 3.35. The van der Waals surface area contributed by atoms with Crippen LogP contribution in [0.4, 0.5) is 0 Å². The lowest BCUT2D eigenvalue weighted by molar-refractivity contribution is -0.253. The fourth-order valence-electron chi connectivity index (χ4n) is 8.90. The molecular weight excluding hydrogens is 855 g/mol. The molecule has 3 N–H and O–H groups in total. The third kappa shape index (κ3) is 16.8. The van der Waals surface area contributed by atoms with Gasteiger partial charge in [0.15, 0.2) is 6.29 Å². The maximum atomic E-state index is 13.8. The molecule has 360 valence electrons. The van der Waals surface area contributed by atoms with Crippen molar-refractivity contribution in [1.82, 2.24) is 14.9 Å². The predicted molar refractivity (Wildman–Crippen MR) is 271 cm³/mol. The van der Waals surface area contributed by atoms with Gasteiger partial charge in [0.25, 0.3) is 0 Å². The predicted octanol–water partition coefficient (Wildman–Crippen LogP) is 11.9. The summed E-state index contributed by atoms with van der Waals surface area (Å²) in [5, 5.41) is 12.8. The Morgan fingerprint density at radius 1 is 0.672 bits per heavy atom. The van der Waals surface area contributed by atoms with Crippen LogP contribution < -0.4 is 10.0 Å². The van der Waals surface area contributed by atoms with Crippen molar-refractivity contribution < 1.29 is 27.8 Å². The molecule has 1 fully saturated rings. The van der Waals surface area contributed by atoms with Crippen molar-refractivity contribution in [1.29, 1.82) is 0 Å². The van der Waals surface area contributed by atoms with E-state index in [1.165, 1.54) is 77.0 Å². The molecule has 0 unspecified atom stereocenters. The quantitative estimate of drug-likeness (QED) is 0.0428. The fourth-order valence-corrected chi connectivity index (χ4v) is 10.1. The summed E-state index contributed by atoms with van der Waals surface area (Å²) in [5.41, 5.74) is 7.51. The molecule has 0 aromatic heterocycles. The minimum absolute atomic E-state index is 0.00276. The lowest BCUT2D eigenvalue weighted by Gasteiger charge is -2.38. The van der Waals surface area contributed by atoms with Crippen molar-refractivity contribution in [3.8, 4) is 11.1 Å². The molecule has 6 rings (SSSR count). The molecule has 0 saturated carbocycles. The summed E-state index contributed by atoms with van der Waals surface area (Å²) in [6.45, 7) is 9.65. The molecule has 5 aromatic carbocycles. The van der Waals surface area contributed by atoms with E-state index in [-0.39, 0.29) is 36.7 Å². The number of nitrogens with zero attached hydrogens (tertiary/aromatic N) is 1. The van der Waals surface area contributed by atoms with Crippen LogP contribution in [0.3, 0.4) is 0 Å². The number of benzene rings is 5. The van der Waals surface area contributed by atoms with E-state index in [2.05, 4.69) is 71.3 Å². The first-order chi connectivity index (χ1) is 32.6. The highest BCUT2D eigenvalue weighted by Gasteiger charge is 2.33. The number of hydrogen-bond acceptors (Lipinski definition) is 7. The number of aliphatic hydroxyl groups excluding tert-OH is 1. The van der Waals surface area contributed by atoms with Gasteiger partial charge in [-0.2, -0.15) is 4.72 Å². The monoisotopic (exact) mass is 930 g/mol. The van der Waals surface area contributed by atoms with Gasteiger partial charge in [0, 0.05) is 25.1 Å². The molecule has 67 heavy (non-hydrogen) atoms. The second-order valence-electron chi connectivity index (χ2n) is 18.4. The molecule has 10 heteroatoms. The standard InChI is InChI=1S/C57H75N3O6S/c1-4-6-8-10-12-17-35-60(36-18-13-11-9-7-5-2)42-52-40-55(48-31-29-46(43-61)30-32-48)66-57(65-52)51-26-20-25-50(39-51)49-24-19-23-47(37-49)41-58-56(62)54(38-45-21-15-14-16-22-45)59-67(63,64)53-33-27-44(3)28-34-53/h14-16,19-34,37,39,52,54-55,57,59,61H,4-13,17-18,35-36,38,40-43H2,1-3H3,(H,58,62)/t52-,54+,55+,57+/m0/s1. The molecule has 9 nitrogen and oxygen atoms in total. The normalized spacial score (nSPS) is 16.8. The van der Waals surface area contributed by atoms with E-state index in [9.17, 15) is 18.3 Å². The Morgan fingerprint density at radius 2 is 1.28 bits per heavy atom. The highest BCUT2D eigenvalue weighted by atomic mass is 32.2. The number of amides is 1. The summed E-state index contributed by atoms with van der Waals surface area (Å²) in [4.78, 5) is 16.6. The van der Waals surface area contributed by atoms with E-state index in [4.69, 9.17) is 9.47 Å². The van der Waals surface area contributed by atoms with Crippen molar-refractivity contribution in [3.05, 3.63) is 161 Å². The molecule has 0 bridgehead atoms. The summed E-state index contributed by atoms with van der Waals surface area (Å²) in [6.07, 6.45) is 15.4. The molecule has 0 aliphatic carbocycles. The number of aliphatic hydroxyl groups is 1. The van der Waals surface area contributed by atoms with Crippen LogP contribution in [0.2, 0.25) is 0 Å². The van der Waals surface area contributed by atoms with Crippen molar-refractivity contribution in [2.75, 3.05) is 19.6 Å². The Labute approximate surface area is 401 Å². The van der Waals surface area contributed by atoms with Crippen LogP contribution in [0.25, 0.3) is 11.1 Å². The smallest absolute Gasteiger partial charge is 0.241 e. The number of aryl methyl sites for hydroxylation is 1. The largest absolute Gasteiger partial charge is 0.392 e. The number of nitrogens with one attached hydrogen (secondary N) is 2. The number of hydrogen-bond donors (Lipinski definition) is 3. The highest BCUT2D eigenvalue weighted by molar-refractivity contribution is 7.89. The van der Waals surface area contributed by atoms with Gasteiger partial charge < -0.3 is 24.8 Å². The van der Waals surface area contributed by atoms with Gasteiger partial charge in [0.05, 0.1) is 23.7 Å². The Morgan fingerprint density at radius 3 is 1.94 bits per heavy atom. The van der Waals surface area contributed by atoms with Gasteiger partial charge in [-0.1, -0.05) is 187 Å². The summed E-state index contributed by atoms with van der Waals surface area (Å²) >= 11 is 0. The summed E-state index contributed by atoms with van der Waals surface area (Å²) in [5.74, 6) is -0.411. The third-order valence-electron chi connectivity index (χ3n) is 12.8. The van der Waals surface area contributed by atoms with Gasteiger partial charge >= 0.3 is 0 Å². The van der Waals surface area contributed by atoms with Gasteiger partial charge in [0.2, 0.25) is 15.9 Å². The number of sulfonamides is 1. The zero-order valence-corrected chi connectivity index (χ0v) is 41.0. The minimum Gasteiger partial charge on any atom is -0.392 e. The first-order valence-corrected chi connectivity index (χ1v) is 26.4. The minimum atomic E-state index is -3.97. The molecule has 1 amide bonds. The molecule has 0 radical (unpaired) electrons. The number of carbonyl (C=O) groups is 1. The van der Waals surface area contributed by atoms with E-state index >= 15 is 0 Å². The van der Waals surface area contributed by atoms with Gasteiger partial charge in [-0.05, 0) is 96.9 Å². The highest BCUT2D eigenvalue weighted by Crippen LogP contribution is 2.39. The Bertz CT molecular complexity index is 2310. The van der Waals surface area contributed by atoms with Crippen molar-refractivity contribution in [3.63, 3.8) is 0 Å². The van der Waals surface area contributed by atoms with E-state index in [1.54, 1.807) is 24.3 Å². The van der Waals surface area contributed by atoms with Gasteiger partial charge in [0.1, 0.15) is 6.04 Å². The SMILES string of the molecule is CCCCCCCCN(CCCCCCCC)C[C@@H]1C[C@H](c2ccc(CO)cc2)O[C@H](c2cccc(-c3cccc(CNC(=O)[C@@H](Cc4ccccc4)NS(=O)(=O)c4ccc(C)cc4)c3)c2)O1. The molecule has 4 atom stereocenters. The molecule has 5 aromatic rings. The molecule has 1 aliphatic rings. The van der Waals surface area contributed by atoms with Crippen molar-refractivity contribution in [2.45, 2.75) is 153 Å². The molecule has 1 aliphatic heterocycles. The van der Waals surface area contributed by atoms with E-state index in [0.717, 1.165) is 70.6 Å². The third-order valence-corrected chi connectivity index (χ3v) is 14.3. The number of carbonyl (C=O) groups excluding carboxylic acids is 1. The van der Waals surface area contributed by atoms with Crippen LogP contribution in [0.5, 0.6) is 0 Å². The van der Waals surface area contributed by atoms with Crippen LogP contribution in [-0.4, -0.2) is 56.1 Å². The van der Waals surface area contributed by atoms with Crippen LogP contribution >= 0.6 is 0 Å². The van der Waals surface area contributed by atoms with Crippen LogP contribution in [-0.2, 0) is 43.9 Å². The van der Waals surface area contributed by atoms with E-state index in [0.29, 0.717) is 0 Å². The second-order valence-corrected chi connectivity index (χ2v) is 20.1. The van der Waals surface area contributed by atoms with Gasteiger partial charge in [-0.15, -0.1) is 0 Å². The molecule has 1 heterocycles. The lowest BCUT2D eigenvalue weighted by atomic mass is 9.98. The topological polar surface area (TPSA) is 117 Å². The van der Waals surface area contributed by atoms with Gasteiger partial charge in [-0.3, -0.25) is 4.79 Å². The van der Waals surface area contributed by atoms with E-state index in [1.807, 2.05) is 67.6 Å². The van der Waals surface area contributed by atoms with Gasteiger partial charge in [-0.25, -0.2) is 8.42 Å². The van der Waals surface area contributed by atoms with Crippen molar-refractivity contribution >= 4 is 15.9 Å². The molecule has 1 saturated heterocycles. The van der Waals surface area contributed by atoms with Crippen LogP contribution in [0, 0.1) is 6.92 Å². The summed E-state index contributed by atoms with van der Waals surface area (Å²) in [7, 11) is -3.97. The Kier molecular flexibility index (Phi) is 21.1. The summed E-state index contributed by atoms with van der Waals surface area (Å²) < 4.78 is 43.4. The second kappa shape index (κ2) is 27.3. The maximum Gasteiger partial charge on any atom is 0.241 e. The molecular formula is C57H75N3O6S. The van der Waals surface area contributed by atoms with Crippen LogP contribution in [0.1, 0.15) is 143 Å². The summed E-state index contributed by atoms with van der Waals surface area (Å²) in [6, 6.07) is 39.5. The Hall–Kier alpha value is -4.68. The zero-order valence-electron chi connectivity index (χ0n) is 40.2. The van der Waals surface area contributed by atoms with Crippen LogP contribution in [0.15, 0.2) is 132 Å². The van der Waals surface area contributed by atoms with E-state index < -0.39 is 28.3 Å². The first-order valence-electron chi connectivity index (χ1n) is 25.0. The van der Waals surface area contributed by atoms with Crippen molar-refractivity contribution in [2.24, 2.45) is 0 Å². The number of rotatable bonds is 28. The molecule has 0 spiro atoms. The number of ether oxygens (including phenoxy) is 2. The first kappa shape index (κ1) is 51.7. The Balaban J connectivity index is 1.17. The average molecular weight is 930 g/mol. The lowest BCUT2D eigenvalue weighted by Crippen LogP contribution is -2.47. The maximum absolute atomic E-state index is 13.8. The fraction of sp³-hybridized carbons (Fsp3) is 0.456. The number of unbranched alkanes of at least 4 members (excludes halogenated alkanes) is 10.